The summed E-state index contributed by atoms with van der Waals surface area (Å²) in [6.07, 6.45) is 1.12. The first-order chi connectivity index (χ1) is 11.9. The summed E-state index contributed by atoms with van der Waals surface area (Å²) in [5.41, 5.74) is 5.37. The van der Waals surface area contributed by atoms with Gasteiger partial charge in [0.1, 0.15) is 0 Å². The van der Waals surface area contributed by atoms with Gasteiger partial charge in [-0.1, -0.05) is 29.8 Å². The van der Waals surface area contributed by atoms with Gasteiger partial charge >= 0.3 is 11.9 Å². The summed E-state index contributed by atoms with van der Waals surface area (Å²) in [6, 6.07) is 13.7. The first kappa shape index (κ1) is 18.5. The van der Waals surface area contributed by atoms with Gasteiger partial charge in [0.05, 0.1) is 0 Å². The SMILES string of the molecule is Cc1ccc(-c2ccc3n2CCNC3C)cc1.O=C(O)/C=C/C(=O)O. The maximum Gasteiger partial charge on any atom is 0.328 e. The lowest BCUT2D eigenvalue weighted by Gasteiger charge is -2.25. The third kappa shape index (κ3) is 5.06. The molecule has 0 aliphatic carbocycles. The lowest BCUT2D eigenvalue weighted by molar-refractivity contribution is -0.134. The zero-order chi connectivity index (χ0) is 18.4. The second kappa shape index (κ2) is 8.30. The molecule has 0 saturated carbocycles. The van der Waals surface area contributed by atoms with Gasteiger partial charge in [-0.2, -0.15) is 0 Å². The molecule has 6 heteroatoms. The molecule has 1 aromatic heterocycles. The number of carbonyl (C=O) groups is 2. The average Bonchev–Trinajstić information content (AvgIpc) is 3.00. The minimum absolute atomic E-state index is 0.461. The largest absolute Gasteiger partial charge is 0.478 e. The Bertz CT molecular complexity index is 759. The number of rotatable bonds is 3. The number of aryl methyl sites for hydroxylation is 1. The van der Waals surface area contributed by atoms with E-state index in [2.05, 4.69) is 60.1 Å². The Balaban J connectivity index is 0.000000242. The predicted molar refractivity (Wildman–Crippen MR) is 95.4 cm³/mol. The quantitative estimate of drug-likeness (QED) is 0.746. The van der Waals surface area contributed by atoms with Crippen LogP contribution in [0.3, 0.4) is 0 Å². The molecule has 3 N–H and O–H groups in total. The summed E-state index contributed by atoms with van der Waals surface area (Å²) < 4.78 is 2.44. The van der Waals surface area contributed by atoms with Gasteiger partial charge in [0.2, 0.25) is 0 Å². The summed E-state index contributed by atoms with van der Waals surface area (Å²) in [5, 5.41) is 19.1. The summed E-state index contributed by atoms with van der Waals surface area (Å²) in [7, 11) is 0. The Morgan fingerprint density at radius 3 is 2.24 bits per heavy atom. The van der Waals surface area contributed by atoms with Crippen LogP contribution in [-0.4, -0.2) is 33.3 Å². The third-order valence-electron chi connectivity index (χ3n) is 3.96. The summed E-state index contributed by atoms with van der Waals surface area (Å²) in [5.74, 6) is -2.51. The van der Waals surface area contributed by atoms with E-state index in [9.17, 15) is 9.59 Å². The molecule has 132 valence electrons. The van der Waals surface area contributed by atoms with Gasteiger partial charge in [0, 0.05) is 42.7 Å². The van der Waals surface area contributed by atoms with Crippen LogP contribution in [0.25, 0.3) is 11.3 Å². The standard InChI is InChI=1S/C15H18N2.C4H4O4/c1-11-3-5-13(6-4-11)15-8-7-14-12(2)16-9-10-17(14)15;5-3(6)1-2-4(7)8/h3-8,12,16H,9-10H2,1-2H3;1-2H,(H,5,6)(H,7,8)/b;2-1+. The molecule has 2 aromatic rings. The Morgan fingerprint density at radius 1 is 1.08 bits per heavy atom. The van der Waals surface area contributed by atoms with E-state index in [1.165, 1.54) is 22.5 Å². The van der Waals surface area contributed by atoms with Crippen molar-refractivity contribution in [3.8, 4) is 11.3 Å². The van der Waals surface area contributed by atoms with Crippen molar-refractivity contribution in [1.82, 2.24) is 9.88 Å². The Morgan fingerprint density at radius 2 is 1.68 bits per heavy atom. The molecule has 0 saturated heterocycles. The molecule has 25 heavy (non-hydrogen) atoms. The molecule has 6 nitrogen and oxygen atoms in total. The summed E-state index contributed by atoms with van der Waals surface area (Å²) in [6.45, 7) is 6.48. The highest BCUT2D eigenvalue weighted by molar-refractivity contribution is 5.89. The van der Waals surface area contributed by atoms with Crippen molar-refractivity contribution in [2.45, 2.75) is 26.4 Å². The number of aliphatic carboxylic acids is 2. The molecule has 2 heterocycles. The molecule has 1 atom stereocenters. The zero-order valence-corrected chi connectivity index (χ0v) is 14.3. The Hall–Kier alpha value is -2.86. The number of nitrogens with zero attached hydrogens (tertiary/aromatic N) is 1. The van der Waals surface area contributed by atoms with Crippen molar-refractivity contribution >= 4 is 11.9 Å². The van der Waals surface area contributed by atoms with E-state index in [0.717, 1.165) is 13.1 Å². The molecule has 1 aliphatic heterocycles. The van der Waals surface area contributed by atoms with Gasteiger partial charge in [-0.3, -0.25) is 0 Å². The number of benzene rings is 1. The van der Waals surface area contributed by atoms with Crippen LogP contribution in [0, 0.1) is 6.92 Å². The summed E-state index contributed by atoms with van der Waals surface area (Å²) >= 11 is 0. The number of aromatic nitrogens is 1. The smallest absolute Gasteiger partial charge is 0.328 e. The fourth-order valence-electron chi connectivity index (χ4n) is 2.73. The zero-order valence-electron chi connectivity index (χ0n) is 14.3. The van der Waals surface area contributed by atoms with E-state index in [0.29, 0.717) is 18.2 Å². The molecular weight excluding hydrogens is 320 g/mol. The maximum atomic E-state index is 9.55. The second-order valence-electron chi connectivity index (χ2n) is 5.85. The van der Waals surface area contributed by atoms with Crippen molar-refractivity contribution in [3.63, 3.8) is 0 Å². The molecule has 1 aliphatic rings. The highest BCUT2D eigenvalue weighted by Gasteiger charge is 2.18. The van der Waals surface area contributed by atoms with E-state index in [1.54, 1.807) is 0 Å². The third-order valence-corrected chi connectivity index (χ3v) is 3.96. The second-order valence-corrected chi connectivity index (χ2v) is 5.85. The van der Waals surface area contributed by atoms with Crippen LogP contribution in [0.4, 0.5) is 0 Å². The molecule has 3 rings (SSSR count). The molecule has 1 aromatic carbocycles. The predicted octanol–water partition coefficient (Wildman–Crippen LogP) is 2.84. The lowest BCUT2D eigenvalue weighted by Crippen LogP contribution is -2.31. The highest BCUT2D eigenvalue weighted by atomic mass is 16.4. The topological polar surface area (TPSA) is 91.6 Å². The molecule has 0 spiro atoms. The van der Waals surface area contributed by atoms with Crippen molar-refractivity contribution in [2.75, 3.05) is 6.54 Å². The minimum atomic E-state index is -1.26. The first-order valence-corrected chi connectivity index (χ1v) is 8.02. The van der Waals surface area contributed by atoms with Gasteiger partial charge < -0.3 is 20.1 Å². The number of fused-ring (bicyclic) bond motifs is 1. The normalized spacial score (nSPS) is 16.0. The van der Waals surface area contributed by atoms with E-state index in [4.69, 9.17) is 10.2 Å². The molecule has 0 radical (unpaired) electrons. The summed E-state index contributed by atoms with van der Waals surface area (Å²) in [4.78, 5) is 19.1. The van der Waals surface area contributed by atoms with Gasteiger partial charge in [0.15, 0.2) is 0 Å². The van der Waals surface area contributed by atoms with Crippen molar-refractivity contribution in [2.24, 2.45) is 0 Å². The van der Waals surface area contributed by atoms with E-state index in [1.807, 2.05) is 0 Å². The van der Waals surface area contributed by atoms with Crippen LogP contribution < -0.4 is 5.32 Å². The van der Waals surface area contributed by atoms with Crippen LogP contribution >= 0.6 is 0 Å². The maximum absolute atomic E-state index is 9.55. The van der Waals surface area contributed by atoms with Crippen molar-refractivity contribution < 1.29 is 19.8 Å². The van der Waals surface area contributed by atoms with Gasteiger partial charge in [0.25, 0.3) is 0 Å². The van der Waals surface area contributed by atoms with Gasteiger partial charge in [-0.15, -0.1) is 0 Å². The minimum Gasteiger partial charge on any atom is -0.478 e. The monoisotopic (exact) mass is 342 g/mol. The number of hydrogen-bond acceptors (Lipinski definition) is 3. The van der Waals surface area contributed by atoms with Crippen LogP contribution in [-0.2, 0) is 16.1 Å². The van der Waals surface area contributed by atoms with E-state index >= 15 is 0 Å². The number of carboxylic acid groups (broad SMARTS) is 2. The molecule has 1 unspecified atom stereocenters. The molecule has 0 fully saturated rings. The van der Waals surface area contributed by atoms with Crippen LogP contribution in [0.15, 0.2) is 48.6 Å². The van der Waals surface area contributed by atoms with E-state index in [-0.39, 0.29) is 0 Å². The molecule has 0 amide bonds. The molecular formula is C19H22N2O4. The highest BCUT2D eigenvalue weighted by Crippen LogP contribution is 2.27. The van der Waals surface area contributed by atoms with Gasteiger partial charge in [-0.25, -0.2) is 9.59 Å². The fourth-order valence-corrected chi connectivity index (χ4v) is 2.73. The Kier molecular flexibility index (Phi) is 6.14. The average molecular weight is 342 g/mol. The van der Waals surface area contributed by atoms with Crippen LogP contribution in [0.5, 0.6) is 0 Å². The van der Waals surface area contributed by atoms with Crippen molar-refractivity contribution in [1.29, 1.82) is 0 Å². The van der Waals surface area contributed by atoms with Crippen LogP contribution in [0.1, 0.15) is 24.2 Å². The Labute approximate surface area is 146 Å². The van der Waals surface area contributed by atoms with Crippen LogP contribution in [0.2, 0.25) is 0 Å². The van der Waals surface area contributed by atoms with Gasteiger partial charge in [-0.05, 0) is 31.5 Å². The van der Waals surface area contributed by atoms with E-state index < -0.39 is 11.9 Å². The first-order valence-electron chi connectivity index (χ1n) is 8.02. The number of hydrogen-bond donors (Lipinski definition) is 3. The lowest BCUT2D eigenvalue weighted by atomic mass is 10.1. The number of carboxylic acids is 2. The fraction of sp³-hybridized carbons (Fsp3) is 0.263. The number of nitrogens with one attached hydrogen (secondary N) is 1. The molecule has 0 bridgehead atoms. The van der Waals surface area contributed by atoms with Crippen molar-refractivity contribution in [3.05, 3.63) is 59.8 Å².